The summed E-state index contributed by atoms with van der Waals surface area (Å²) in [6, 6.07) is 7.55. The number of amides is 1. The van der Waals surface area contributed by atoms with Gasteiger partial charge in [0.1, 0.15) is 21.8 Å². The SMILES string of the molecule is COc1ccc(CCNc2c(/C=C3/SC(=S)N(CCC(=O)O)C3=O)c(C)c(C#N)c(=O)n2C)cc1OC. The molecule has 194 valence electrons. The van der Waals surface area contributed by atoms with Crippen molar-refractivity contribution in [3.8, 4) is 17.6 Å². The number of thioether (sulfide) groups is 1. The third kappa shape index (κ3) is 5.95. The second kappa shape index (κ2) is 11.9. The van der Waals surface area contributed by atoms with Gasteiger partial charge in [0.15, 0.2) is 11.5 Å². The maximum absolute atomic E-state index is 13.0. The number of pyridine rings is 1. The molecule has 2 heterocycles. The van der Waals surface area contributed by atoms with Crippen LogP contribution in [0.3, 0.4) is 0 Å². The predicted octanol–water partition coefficient (Wildman–Crippen LogP) is 2.91. The van der Waals surface area contributed by atoms with Crippen LogP contribution in [-0.4, -0.2) is 58.1 Å². The standard InChI is InChI=1S/C25H26N4O6S2/c1-14-16(12-20-24(33)29(25(36)37-20)10-8-21(30)31)22(28(2)23(32)17(14)13-26)27-9-7-15-5-6-18(34-3)19(11-15)35-4/h5-6,11-12,27H,7-10H2,1-4H3,(H,30,31)/b20-12+. The van der Waals surface area contributed by atoms with Gasteiger partial charge in [0, 0.05) is 25.7 Å². The van der Waals surface area contributed by atoms with Crippen molar-refractivity contribution in [3.05, 3.63) is 55.7 Å². The molecule has 1 aromatic carbocycles. The van der Waals surface area contributed by atoms with E-state index in [1.807, 2.05) is 24.3 Å². The molecule has 37 heavy (non-hydrogen) atoms. The Morgan fingerprint density at radius 3 is 2.59 bits per heavy atom. The second-order valence-corrected chi connectivity index (χ2v) is 9.76. The van der Waals surface area contributed by atoms with Crippen LogP contribution in [0.15, 0.2) is 27.9 Å². The number of methoxy groups -OCH3 is 2. The Morgan fingerprint density at radius 1 is 1.27 bits per heavy atom. The van der Waals surface area contributed by atoms with Crippen molar-refractivity contribution in [2.75, 3.05) is 32.6 Å². The average Bonchev–Trinajstić information content (AvgIpc) is 3.14. The molecule has 1 saturated heterocycles. The fourth-order valence-corrected chi connectivity index (χ4v) is 5.13. The summed E-state index contributed by atoms with van der Waals surface area (Å²) < 4.78 is 12.2. The van der Waals surface area contributed by atoms with E-state index in [1.54, 1.807) is 34.3 Å². The Morgan fingerprint density at radius 2 is 1.97 bits per heavy atom. The molecule has 0 bridgehead atoms. The smallest absolute Gasteiger partial charge is 0.305 e. The molecule has 0 spiro atoms. The van der Waals surface area contributed by atoms with Crippen molar-refractivity contribution >= 4 is 52.1 Å². The van der Waals surface area contributed by atoms with Gasteiger partial charge in [-0.2, -0.15) is 5.26 Å². The lowest BCUT2D eigenvalue weighted by Gasteiger charge is -2.18. The van der Waals surface area contributed by atoms with Crippen molar-refractivity contribution in [1.29, 1.82) is 5.26 Å². The van der Waals surface area contributed by atoms with E-state index in [4.69, 9.17) is 26.8 Å². The lowest BCUT2D eigenvalue weighted by molar-refractivity contribution is -0.137. The Kier molecular flexibility index (Phi) is 8.96. The molecule has 12 heteroatoms. The summed E-state index contributed by atoms with van der Waals surface area (Å²) in [7, 11) is 4.68. The molecule has 10 nitrogen and oxygen atoms in total. The highest BCUT2D eigenvalue weighted by molar-refractivity contribution is 8.26. The number of hydrogen-bond acceptors (Lipinski definition) is 9. The summed E-state index contributed by atoms with van der Waals surface area (Å²) >= 11 is 6.33. The van der Waals surface area contributed by atoms with Gasteiger partial charge < -0.3 is 19.9 Å². The van der Waals surface area contributed by atoms with Gasteiger partial charge in [-0.1, -0.05) is 30.0 Å². The van der Waals surface area contributed by atoms with E-state index in [0.29, 0.717) is 41.4 Å². The average molecular weight is 543 g/mol. The van der Waals surface area contributed by atoms with E-state index < -0.39 is 17.4 Å². The summed E-state index contributed by atoms with van der Waals surface area (Å²) in [4.78, 5) is 38.3. The first kappa shape index (κ1) is 27.8. The molecule has 0 unspecified atom stereocenters. The Labute approximate surface area is 223 Å². The zero-order valence-corrected chi connectivity index (χ0v) is 22.4. The van der Waals surface area contributed by atoms with Crippen LogP contribution in [0.4, 0.5) is 5.82 Å². The number of nitrogens with one attached hydrogen (secondary N) is 1. The van der Waals surface area contributed by atoms with Crippen LogP contribution >= 0.6 is 24.0 Å². The quantitative estimate of drug-likeness (QED) is 0.341. The number of rotatable bonds is 10. The summed E-state index contributed by atoms with van der Waals surface area (Å²) in [6.45, 7) is 2.05. The Hall–Kier alpha value is -3.82. The number of carboxylic acid groups (broad SMARTS) is 1. The molecule has 3 rings (SSSR count). The van der Waals surface area contributed by atoms with Gasteiger partial charge in [-0.3, -0.25) is 23.9 Å². The van der Waals surface area contributed by atoms with Gasteiger partial charge in [0.05, 0.1) is 25.5 Å². The second-order valence-electron chi connectivity index (χ2n) is 8.08. The molecule has 1 fully saturated rings. The van der Waals surface area contributed by atoms with Crippen LogP contribution in [0.5, 0.6) is 11.5 Å². The van der Waals surface area contributed by atoms with E-state index in [0.717, 1.165) is 17.3 Å². The highest BCUT2D eigenvalue weighted by Crippen LogP contribution is 2.35. The number of aliphatic carboxylic acids is 1. The zero-order valence-electron chi connectivity index (χ0n) is 20.8. The molecule has 1 aromatic heterocycles. The molecule has 0 atom stereocenters. The minimum atomic E-state index is -1.04. The number of carbonyl (C=O) groups excluding carboxylic acids is 1. The highest BCUT2D eigenvalue weighted by atomic mass is 32.2. The number of carbonyl (C=O) groups is 2. The van der Waals surface area contributed by atoms with Crippen LogP contribution in [0.1, 0.15) is 28.7 Å². The number of nitriles is 1. The van der Waals surface area contributed by atoms with E-state index in [9.17, 15) is 19.6 Å². The number of benzene rings is 1. The van der Waals surface area contributed by atoms with Gasteiger partial charge in [0.25, 0.3) is 11.5 Å². The molecule has 2 aromatic rings. The summed E-state index contributed by atoms with van der Waals surface area (Å²) in [6.07, 6.45) is 1.94. The third-order valence-electron chi connectivity index (χ3n) is 5.85. The Balaban J connectivity index is 1.94. The number of nitrogens with zero attached hydrogens (tertiary/aromatic N) is 3. The fraction of sp³-hybridized carbons (Fsp3) is 0.320. The van der Waals surface area contributed by atoms with Crippen LogP contribution in [0.25, 0.3) is 6.08 Å². The number of thiocarbonyl (C=S) groups is 1. The normalized spacial score (nSPS) is 14.1. The first-order valence-corrected chi connectivity index (χ1v) is 12.4. The molecule has 1 aliphatic heterocycles. The van der Waals surface area contributed by atoms with Gasteiger partial charge in [0.2, 0.25) is 0 Å². The minimum Gasteiger partial charge on any atom is -0.493 e. The zero-order chi connectivity index (χ0) is 27.3. The minimum absolute atomic E-state index is 0.0273. The third-order valence-corrected chi connectivity index (χ3v) is 7.23. The van der Waals surface area contributed by atoms with Crippen LogP contribution in [-0.2, 0) is 23.1 Å². The summed E-state index contributed by atoms with van der Waals surface area (Å²) in [5.74, 6) is 0.211. The molecular weight excluding hydrogens is 516 g/mol. The van der Waals surface area contributed by atoms with Crippen LogP contribution < -0.4 is 20.3 Å². The van der Waals surface area contributed by atoms with Gasteiger partial charge >= 0.3 is 5.97 Å². The van der Waals surface area contributed by atoms with E-state index in [-0.39, 0.29) is 27.8 Å². The topological polar surface area (TPSA) is 134 Å². The predicted molar refractivity (Wildman–Crippen MR) is 145 cm³/mol. The molecule has 1 aliphatic rings. The van der Waals surface area contributed by atoms with Crippen LogP contribution in [0.2, 0.25) is 0 Å². The van der Waals surface area contributed by atoms with Gasteiger partial charge in [-0.25, -0.2) is 0 Å². The van der Waals surface area contributed by atoms with E-state index in [2.05, 4.69) is 5.32 Å². The number of aromatic nitrogens is 1. The van der Waals surface area contributed by atoms with Crippen molar-refractivity contribution < 1.29 is 24.2 Å². The van der Waals surface area contributed by atoms with Crippen molar-refractivity contribution in [2.45, 2.75) is 19.8 Å². The molecular formula is C25H26N4O6S2. The van der Waals surface area contributed by atoms with E-state index >= 15 is 0 Å². The molecule has 0 aliphatic carbocycles. The first-order chi connectivity index (χ1) is 17.6. The highest BCUT2D eigenvalue weighted by Gasteiger charge is 2.33. The first-order valence-electron chi connectivity index (χ1n) is 11.2. The molecule has 0 radical (unpaired) electrons. The van der Waals surface area contributed by atoms with Gasteiger partial charge in [-0.05, 0) is 42.7 Å². The van der Waals surface area contributed by atoms with Crippen molar-refractivity contribution in [2.24, 2.45) is 7.05 Å². The number of carboxylic acids is 1. The maximum Gasteiger partial charge on any atom is 0.305 e. The summed E-state index contributed by atoms with van der Waals surface area (Å²) in [5.41, 5.74) is 1.42. The van der Waals surface area contributed by atoms with Gasteiger partial charge in [-0.15, -0.1) is 0 Å². The summed E-state index contributed by atoms with van der Waals surface area (Å²) in [5, 5.41) is 21.8. The van der Waals surface area contributed by atoms with Crippen molar-refractivity contribution in [3.63, 3.8) is 0 Å². The Bertz CT molecular complexity index is 1390. The monoisotopic (exact) mass is 542 g/mol. The lowest BCUT2D eigenvalue weighted by atomic mass is 10.0. The maximum atomic E-state index is 13.0. The van der Waals surface area contributed by atoms with Crippen molar-refractivity contribution in [1.82, 2.24) is 9.47 Å². The van der Waals surface area contributed by atoms with Crippen LogP contribution in [0, 0.1) is 18.3 Å². The van der Waals surface area contributed by atoms with E-state index in [1.165, 1.54) is 9.47 Å². The number of anilines is 1. The molecule has 0 saturated carbocycles. The molecule has 1 amide bonds. The number of ether oxygens (including phenoxy) is 2. The fourth-order valence-electron chi connectivity index (χ4n) is 3.84. The molecule has 2 N–H and O–H groups in total. The largest absolute Gasteiger partial charge is 0.493 e. The number of hydrogen-bond donors (Lipinski definition) is 2. The lowest BCUT2D eigenvalue weighted by Crippen LogP contribution is -2.30.